The number of benzene rings is 1. The van der Waals surface area contributed by atoms with Gasteiger partial charge in [-0.1, -0.05) is 12.1 Å². The van der Waals surface area contributed by atoms with Gasteiger partial charge in [-0.05, 0) is 24.6 Å². The van der Waals surface area contributed by atoms with Gasteiger partial charge in [0, 0.05) is 26.2 Å². The van der Waals surface area contributed by atoms with E-state index in [0.717, 1.165) is 18.7 Å². The molecule has 1 saturated heterocycles. The molecule has 0 radical (unpaired) electrons. The first-order valence-corrected chi connectivity index (χ1v) is 5.94. The lowest BCUT2D eigenvalue weighted by Gasteiger charge is -2.32. The molecule has 100 valence electrons. The monoisotopic (exact) mass is 272 g/mol. The first-order valence-electron chi connectivity index (χ1n) is 5.94. The molecule has 1 aliphatic rings. The standard InChI is InChI=1S/C13H17FN2O.ClH/c1-2-16(13(17)11-7-15-8-11)9-10-4-3-5-12(14)6-10;/h3-6,11,15H,2,7-9H2,1H3;1H. The predicted molar refractivity (Wildman–Crippen MR) is 71.1 cm³/mol. The highest BCUT2D eigenvalue weighted by atomic mass is 35.5. The van der Waals surface area contributed by atoms with Gasteiger partial charge >= 0.3 is 0 Å². The van der Waals surface area contributed by atoms with E-state index in [0.29, 0.717) is 13.1 Å². The Kier molecular flexibility index (Phi) is 5.56. The van der Waals surface area contributed by atoms with Crippen LogP contribution in [0.5, 0.6) is 0 Å². The molecule has 1 aromatic rings. The summed E-state index contributed by atoms with van der Waals surface area (Å²) in [6, 6.07) is 6.42. The van der Waals surface area contributed by atoms with E-state index >= 15 is 0 Å². The van der Waals surface area contributed by atoms with Gasteiger partial charge < -0.3 is 10.2 Å². The second-order valence-corrected chi connectivity index (χ2v) is 4.34. The van der Waals surface area contributed by atoms with Gasteiger partial charge in [0.15, 0.2) is 0 Å². The van der Waals surface area contributed by atoms with Crippen LogP contribution in [0.25, 0.3) is 0 Å². The van der Waals surface area contributed by atoms with Gasteiger partial charge in [0.2, 0.25) is 5.91 Å². The van der Waals surface area contributed by atoms with Crippen molar-refractivity contribution in [2.24, 2.45) is 5.92 Å². The average molecular weight is 273 g/mol. The van der Waals surface area contributed by atoms with E-state index in [1.165, 1.54) is 12.1 Å². The Bertz CT molecular complexity index is 410. The van der Waals surface area contributed by atoms with E-state index in [1.807, 2.05) is 13.0 Å². The van der Waals surface area contributed by atoms with E-state index in [9.17, 15) is 9.18 Å². The van der Waals surface area contributed by atoms with E-state index in [1.54, 1.807) is 11.0 Å². The summed E-state index contributed by atoms with van der Waals surface area (Å²) in [6.07, 6.45) is 0. The first kappa shape index (κ1) is 14.9. The number of carbonyl (C=O) groups excluding carboxylic acids is 1. The van der Waals surface area contributed by atoms with Gasteiger partial charge in [-0.15, -0.1) is 12.4 Å². The second-order valence-electron chi connectivity index (χ2n) is 4.34. The minimum absolute atomic E-state index is 0. The SMILES string of the molecule is CCN(Cc1cccc(F)c1)C(=O)C1CNC1.Cl. The zero-order chi connectivity index (χ0) is 12.3. The van der Waals surface area contributed by atoms with Crippen LogP contribution in [0.3, 0.4) is 0 Å². The van der Waals surface area contributed by atoms with Crippen LogP contribution in [0.15, 0.2) is 24.3 Å². The Morgan fingerprint density at radius 1 is 1.50 bits per heavy atom. The number of hydrogen-bond donors (Lipinski definition) is 1. The van der Waals surface area contributed by atoms with Crippen LogP contribution in [0.2, 0.25) is 0 Å². The van der Waals surface area contributed by atoms with Crippen molar-refractivity contribution in [1.82, 2.24) is 10.2 Å². The summed E-state index contributed by atoms with van der Waals surface area (Å²) in [7, 11) is 0. The number of hydrogen-bond acceptors (Lipinski definition) is 2. The molecule has 1 fully saturated rings. The second kappa shape index (κ2) is 6.71. The van der Waals surface area contributed by atoms with Gasteiger partial charge in [-0.25, -0.2) is 4.39 Å². The Labute approximate surface area is 113 Å². The molecule has 0 bridgehead atoms. The molecule has 0 spiro atoms. The molecule has 5 heteroatoms. The third-order valence-corrected chi connectivity index (χ3v) is 3.09. The average Bonchev–Trinajstić information content (AvgIpc) is 2.23. The summed E-state index contributed by atoms with van der Waals surface area (Å²) < 4.78 is 13.0. The largest absolute Gasteiger partial charge is 0.338 e. The maximum atomic E-state index is 13.0. The fourth-order valence-electron chi connectivity index (χ4n) is 1.92. The minimum Gasteiger partial charge on any atom is -0.338 e. The first-order chi connectivity index (χ1) is 8.20. The number of rotatable bonds is 4. The lowest BCUT2D eigenvalue weighted by molar-refractivity contribution is -0.137. The molecular formula is C13H18ClFN2O. The number of halogens is 2. The number of nitrogens with one attached hydrogen (secondary N) is 1. The van der Waals surface area contributed by atoms with Crippen LogP contribution in [0.4, 0.5) is 4.39 Å². The van der Waals surface area contributed by atoms with Crippen molar-refractivity contribution >= 4 is 18.3 Å². The smallest absolute Gasteiger partial charge is 0.228 e. The van der Waals surface area contributed by atoms with Crippen LogP contribution < -0.4 is 5.32 Å². The van der Waals surface area contributed by atoms with Crippen LogP contribution in [-0.4, -0.2) is 30.4 Å². The predicted octanol–water partition coefficient (Wildman–Crippen LogP) is 1.82. The topological polar surface area (TPSA) is 32.3 Å². The summed E-state index contributed by atoms with van der Waals surface area (Å²) in [5.74, 6) is 0.00957. The fourth-order valence-corrected chi connectivity index (χ4v) is 1.92. The van der Waals surface area contributed by atoms with Crippen molar-refractivity contribution in [2.45, 2.75) is 13.5 Å². The lowest BCUT2D eigenvalue weighted by atomic mass is 10.0. The van der Waals surface area contributed by atoms with Crippen molar-refractivity contribution in [2.75, 3.05) is 19.6 Å². The Morgan fingerprint density at radius 2 is 2.22 bits per heavy atom. The van der Waals surface area contributed by atoms with E-state index in [4.69, 9.17) is 0 Å². The number of nitrogens with zero attached hydrogens (tertiary/aromatic N) is 1. The lowest BCUT2D eigenvalue weighted by Crippen LogP contribution is -2.51. The Balaban J connectivity index is 0.00000162. The maximum absolute atomic E-state index is 13.0. The van der Waals surface area contributed by atoms with E-state index < -0.39 is 0 Å². The van der Waals surface area contributed by atoms with Crippen molar-refractivity contribution in [1.29, 1.82) is 0 Å². The Hall–Kier alpha value is -1.13. The van der Waals surface area contributed by atoms with Crippen LogP contribution >= 0.6 is 12.4 Å². The van der Waals surface area contributed by atoms with E-state index in [2.05, 4.69) is 5.32 Å². The van der Waals surface area contributed by atoms with Gasteiger partial charge in [0.05, 0.1) is 5.92 Å². The molecule has 0 aliphatic carbocycles. The summed E-state index contributed by atoms with van der Waals surface area (Å²) in [5.41, 5.74) is 0.840. The molecule has 0 unspecified atom stereocenters. The fraction of sp³-hybridized carbons (Fsp3) is 0.462. The van der Waals surface area contributed by atoms with Gasteiger partial charge in [0.1, 0.15) is 5.82 Å². The molecule has 3 nitrogen and oxygen atoms in total. The van der Waals surface area contributed by atoms with Crippen molar-refractivity contribution in [3.05, 3.63) is 35.6 Å². The highest BCUT2D eigenvalue weighted by Gasteiger charge is 2.28. The zero-order valence-electron chi connectivity index (χ0n) is 10.4. The molecular weight excluding hydrogens is 255 g/mol. The number of carbonyl (C=O) groups is 1. The molecule has 18 heavy (non-hydrogen) atoms. The number of amides is 1. The van der Waals surface area contributed by atoms with Crippen LogP contribution in [0.1, 0.15) is 12.5 Å². The van der Waals surface area contributed by atoms with Gasteiger partial charge in [-0.2, -0.15) is 0 Å². The van der Waals surface area contributed by atoms with Gasteiger partial charge in [0.25, 0.3) is 0 Å². The normalized spacial score (nSPS) is 14.6. The third-order valence-electron chi connectivity index (χ3n) is 3.09. The highest BCUT2D eigenvalue weighted by molar-refractivity contribution is 5.85. The molecule has 1 amide bonds. The molecule has 0 saturated carbocycles. The maximum Gasteiger partial charge on any atom is 0.228 e. The van der Waals surface area contributed by atoms with Crippen molar-refractivity contribution in [3.63, 3.8) is 0 Å². The summed E-state index contributed by atoms with van der Waals surface area (Å²) in [6.45, 7) is 4.62. The molecule has 2 rings (SSSR count). The highest BCUT2D eigenvalue weighted by Crippen LogP contribution is 2.12. The summed E-state index contributed by atoms with van der Waals surface area (Å²) in [4.78, 5) is 13.8. The van der Waals surface area contributed by atoms with Crippen molar-refractivity contribution in [3.8, 4) is 0 Å². The molecule has 1 heterocycles. The molecule has 1 N–H and O–H groups in total. The molecule has 0 aromatic heterocycles. The van der Waals surface area contributed by atoms with Crippen LogP contribution in [0, 0.1) is 11.7 Å². The molecule has 0 atom stereocenters. The van der Waals surface area contributed by atoms with E-state index in [-0.39, 0.29) is 30.0 Å². The van der Waals surface area contributed by atoms with Crippen LogP contribution in [-0.2, 0) is 11.3 Å². The molecule has 1 aromatic carbocycles. The quantitative estimate of drug-likeness (QED) is 0.907. The Morgan fingerprint density at radius 3 is 2.72 bits per heavy atom. The summed E-state index contributed by atoms with van der Waals surface area (Å²) >= 11 is 0. The minimum atomic E-state index is -0.253. The summed E-state index contributed by atoms with van der Waals surface area (Å²) in [5, 5.41) is 3.09. The zero-order valence-corrected chi connectivity index (χ0v) is 11.2. The van der Waals surface area contributed by atoms with Gasteiger partial charge in [-0.3, -0.25) is 4.79 Å². The third kappa shape index (κ3) is 3.43. The molecule has 1 aliphatic heterocycles. The van der Waals surface area contributed by atoms with Crippen molar-refractivity contribution < 1.29 is 9.18 Å².